The van der Waals surface area contributed by atoms with Gasteiger partial charge in [-0.2, -0.15) is 0 Å². The Balaban J connectivity index is 2.66. The molecule has 12 heavy (non-hydrogen) atoms. The Morgan fingerprint density at radius 1 is 1.08 bits per heavy atom. The van der Waals surface area contributed by atoms with E-state index in [1.54, 1.807) is 0 Å². The van der Waals surface area contributed by atoms with Crippen molar-refractivity contribution in [2.24, 2.45) is 5.92 Å². The van der Waals surface area contributed by atoms with E-state index in [1.807, 2.05) is 0 Å². The van der Waals surface area contributed by atoms with Crippen LogP contribution in [0.15, 0.2) is 9.52 Å². The van der Waals surface area contributed by atoms with Crippen LogP contribution < -0.4 is 0 Å². The molecule has 0 radical (unpaired) electrons. The molecule has 1 rings (SSSR count). The van der Waals surface area contributed by atoms with Gasteiger partial charge in [0, 0.05) is 5.92 Å². The van der Waals surface area contributed by atoms with E-state index in [1.165, 1.54) is 0 Å². The van der Waals surface area contributed by atoms with Crippen molar-refractivity contribution >= 4 is 34.8 Å². The number of aliphatic hydroxyl groups is 1. The fraction of sp³-hybridized carbons (Fsp3) is 0.750. The number of halogens is 3. The van der Waals surface area contributed by atoms with Gasteiger partial charge in [-0.15, -0.1) is 0 Å². The van der Waals surface area contributed by atoms with E-state index in [2.05, 4.69) is 0 Å². The topological polar surface area (TPSA) is 20.2 Å². The lowest BCUT2D eigenvalue weighted by atomic mass is 9.86. The monoisotopic (exact) mass is 228 g/mol. The number of aliphatic hydroxyl groups excluding tert-OH is 1. The molecule has 70 valence electrons. The third-order valence-electron chi connectivity index (χ3n) is 2.24. The molecule has 2 atom stereocenters. The molecular formula is C8H11Cl3O. The normalized spacial score (nSPS) is 30.0. The summed E-state index contributed by atoms with van der Waals surface area (Å²) in [5, 5.41) is 9.96. The molecule has 0 aromatic carbocycles. The fourth-order valence-electron chi connectivity index (χ4n) is 1.55. The summed E-state index contributed by atoms with van der Waals surface area (Å²) in [5.74, 6) is -0.0505. The Bertz CT molecular complexity index is 187. The molecule has 0 aromatic heterocycles. The summed E-state index contributed by atoms with van der Waals surface area (Å²) in [4.78, 5) is 0. The van der Waals surface area contributed by atoms with Gasteiger partial charge in [0.1, 0.15) is 4.49 Å². The summed E-state index contributed by atoms with van der Waals surface area (Å²) in [5.41, 5.74) is 0. The average Bonchev–Trinajstić information content (AvgIpc) is 2.04. The quantitative estimate of drug-likeness (QED) is 0.730. The molecule has 0 bridgehead atoms. The smallest absolute Gasteiger partial charge is 0.121 e. The summed E-state index contributed by atoms with van der Waals surface area (Å²) in [6.45, 7) is 0. The highest BCUT2D eigenvalue weighted by Gasteiger charge is 2.26. The van der Waals surface area contributed by atoms with E-state index in [-0.39, 0.29) is 16.5 Å². The standard InChI is InChI=1S/C8H11Cl3O/c9-7(8(10)11)5-3-1-2-4-6(5)12/h5-6,12H,1-4H2. The summed E-state index contributed by atoms with van der Waals surface area (Å²) in [6.07, 6.45) is 3.43. The zero-order chi connectivity index (χ0) is 9.14. The van der Waals surface area contributed by atoms with Gasteiger partial charge in [-0.25, -0.2) is 0 Å². The SMILES string of the molecule is OC1CCCCC1C(Cl)=C(Cl)Cl. The molecule has 4 heteroatoms. The van der Waals surface area contributed by atoms with E-state index >= 15 is 0 Å². The molecule has 0 heterocycles. The molecular weight excluding hydrogens is 218 g/mol. The van der Waals surface area contributed by atoms with Gasteiger partial charge in [-0.3, -0.25) is 0 Å². The maximum Gasteiger partial charge on any atom is 0.121 e. The molecule has 0 saturated heterocycles. The molecule has 1 aliphatic rings. The summed E-state index contributed by atoms with van der Waals surface area (Å²) in [6, 6.07) is 0. The maximum absolute atomic E-state index is 9.55. The van der Waals surface area contributed by atoms with Crippen LogP contribution >= 0.6 is 34.8 Å². The summed E-state index contributed by atoms with van der Waals surface area (Å²) < 4.78 is 0.0858. The van der Waals surface area contributed by atoms with Crippen molar-refractivity contribution in [1.82, 2.24) is 0 Å². The van der Waals surface area contributed by atoms with Crippen molar-refractivity contribution in [2.45, 2.75) is 31.8 Å². The molecule has 2 unspecified atom stereocenters. The largest absolute Gasteiger partial charge is 0.392 e. The number of rotatable bonds is 1. The number of hydrogen-bond acceptors (Lipinski definition) is 1. The zero-order valence-corrected chi connectivity index (χ0v) is 8.83. The van der Waals surface area contributed by atoms with Gasteiger partial charge in [0.25, 0.3) is 0 Å². The molecule has 0 amide bonds. The lowest BCUT2D eigenvalue weighted by Gasteiger charge is -2.26. The van der Waals surface area contributed by atoms with Crippen LogP contribution in [0.5, 0.6) is 0 Å². The highest BCUT2D eigenvalue weighted by Crippen LogP contribution is 2.35. The first-order valence-electron chi connectivity index (χ1n) is 4.01. The van der Waals surface area contributed by atoms with E-state index < -0.39 is 0 Å². The van der Waals surface area contributed by atoms with E-state index in [9.17, 15) is 5.11 Å². The first-order valence-corrected chi connectivity index (χ1v) is 5.15. The lowest BCUT2D eigenvalue weighted by Crippen LogP contribution is -2.24. The Hall–Kier alpha value is 0.570. The van der Waals surface area contributed by atoms with Crippen molar-refractivity contribution in [3.63, 3.8) is 0 Å². The van der Waals surface area contributed by atoms with E-state index in [0.717, 1.165) is 25.7 Å². The van der Waals surface area contributed by atoms with Crippen LogP contribution in [0, 0.1) is 5.92 Å². The third kappa shape index (κ3) is 2.53. The molecule has 0 aliphatic heterocycles. The molecule has 1 nitrogen and oxygen atoms in total. The van der Waals surface area contributed by atoms with Crippen LogP contribution in [0.2, 0.25) is 0 Å². The van der Waals surface area contributed by atoms with Crippen LogP contribution in [-0.4, -0.2) is 11.2 Å². The van der Waals surface area contributed by atoms with Gasteiger partial charge in [-0.1, -0.05) is 47.6 Å². The van der Waals surface area contributed by atoms with Crippen molar-refractivity contribution in [1.29, 1.82) is 0 Å². The predicted molar refractivity (Wildman–Crippen MR) is 52.5 cm³/mol. The van der Waals surface area contributed by atoms with Gasteiger partial charge in [0.2, 0.25) is 0 Å². The van der Waals surface area contributed by atoms with Crippen LogP contribution in [0.25, 0.3) is 0 Å². The highest BCUT2D eigenvalue weighted by atomic mass is 35.5. The van der Waals surface area contributed by atoms with Gasteiger partial charge in [0.15, 0.2) is 0 Å². The van der Waals surface area contributed by atoms with Gasteiger partial charge >= 0.3 is 0 Å². The minimum absolute atomic E-state index is 0.0505. The van der Waals surface area contributed by atoms with Crippen molar-refractivity contribution < 1.29 is 5.11 Å². The summed E-state index contributed by atoms with van der Waals surface area (Å²) >= 11 is 16.9. The Kier molecular flexibility index (Phi) is 4.18. The van der Waals surface area contributed by atoms with E-state index in [0.29, 0.717) is 5.03 Å². The fourth-order valence-corrected chi connectivity index (χ4v) is 2.08. The maximum atomic E-state index is 9.55. The molecule has 1 N–H and O–H groups in total. The Morgan fingerprint density at radius 3 is 2.17 bits per heavy atom. The zero-order valence-electron chi connectivity index (χ0n) is 6.56. The molecule has 1 fully saturated rings. The Labute approximate surface area is 87.3 Å². The highest BCUT2D eigenvalue weighted by molar-refractivity contribution is 6.59. The van der Waals surface area contributed by atoms with Gasteiger partial charge < -0.3 is 5.11 Å². The van der Waals surface area contributed by atoms with Crippen LogP contribution in [0.4, 0.5) is 0 Å². The van der Waals surface area contributed by atoms with Crippen LogP contribution in [0.1, 0.15) is 25.7 Å². The third-order valence-corrected chi connectivity index (χ3v) is 3.31. The van der Waals surface area contributed by atoms with Crippen LogP contribution in [-0.2, 0) is 0 Å². The second-order valence-corrected chi connectivity index (χ2v) is 4.42. The second kappa shape index (κ2) is 4.71. The van der Waals surface area contributed by atoms with Gasteiger partial charge in [-0.05, 0) is 12.8 Å². The average molecular weight is 230 g/mol. The lowest BCUT2D eigenvalue weighted by molar-refractivity contribution is 0.0907. The minimum atomic E-state index is -0.376. The molecule has 0 aromatic rings. The first-order chi connectivity index (χ1) is 5.63. The molecule has 1 aliphatic carbocycles. The minimum Gasteiger partial charge on any atom is -0.392 e. The second-order valence-electron chi connectivity index (χ2n) is 3.07. The first kappa shape index (κ1) is 10.6. The van der Waals surface area contributed by atoms with Crippen molar-refractivity contribution in [3.8, 4) is 0 Å². The van der Waals surface area contributed by atoms with Crippen molar-refractivity contribution in [2.75, 3.05) is 0 Å². The van der Waals surface area contributed by atoms with Crippen molar-refractivity contribution in [3.05, 3.63) is 9.52 Å². The van der Waals surface area contributed by atoms with Gasteiger partial charge in [0.05, 0.1) is 11.1 Å². The Morgan fingerprint density at radius 2 is 1.67 bits per heavy atom. The number of hydrogen-bond donors (Lipinski definition) is 1. The molecule has 1 saturated carbocycles. The molecule has 0 spiro atoms. The van der Waals surface area contributed by atoms with E-state index in [4.69, 9.17) is 34.8 Å². The summed E-state index contributed by atoms with van der Waals surface area (Å²) in [7, 11) is 0. The van der Waals surface area contributed by atoms with Crippen LogP contribution in [0.3, 0.4) is 0 Å². The predicted octanol–water partition coefficient (Wildman–Crippen LogP) is 3.42.